The molecule has 22 heavy (non-hydrogen) atoms. The first-order valence-electron chi connectivity index (χ1n) is 7.50. The van der Waals surface area contributed by atoms with Crippen LogP contribution in [0.2, 0.25) is 0 Å². The van der Waals surface area contributed by atoms with Gasteiger partial charge in [0, 0.05) is 13.2 Å². The topological polar surface area (TPSA) is 76.7 Å². The lowest BCUT2D eigenvalue weighted by Crippen LogP contribution is -2.59. The van der Waals surface area contributed by atoms with Crippen molar-refractivity contribution in [3.8, 4) is 5.75 Å². The predicted molar refractivity (Wildman–Crippen MR) is 80.8 cm³/mol. The molecular formula is C16H20N2O4. The Hall–Kier alpha value is -2.08. The average Bonchev–Trinajstić information content (AvgIpc) is 2.99. The lowest BCUT2D eigenvalue weighted by Gasteiger charge is -2.33. The van der Waals surface area contributed by atoms with Crippen LogP contribution in [0.1, 0.15) is 25.3 Å². The molecule has 2 aliphatic rings. The second-order valence-electron chi connectivity index (χ2n) is 5.93. The van der Waals surface area contributed by atoms with E-state index in [0.29, 0.717) is 18.0 Å². The molecular weight excluding hydrogens is 284 g/mol. The van der Waals surface area contributed by atoms with Gasteiger partial charge in [-0.1, -0.05) is 6.07 Å². The molecule has 0 aliphatic carbocycles. The molecule has 1 aromatic carbocycles. The Morgan fingerprint density at radius 2 is 2.32 bits per heavy atom. The van der Waals surface area contributed by atoms with Crippen molar-refractivity contribution < 1.29 is 19.1 Å². The Labute approximate surface area is 129 Å². The van der Waals surface area contributed by atoms with Gasteiger partial charge in [0.25, 0.3) is 17.4 Å². The number of fused-ring (bicyclic) bond motifs is 1. The third-order valence-electron chi connectivity index (χ3n) is 4.08. The molecule has 1 saturated heterocycles. The molecule has 2 atom stereocenters. The maximum atomic E-state index is 12.4. The zero-order chi connectivity index (χ0) is 15.7. The molecule has 6 heteroatoms. The molecule has 2 amide bonds. The molecule has 118 valence electrons. The lowest BCUT2D eigenvalue weighted by atomic mass is 10.0. The highest BCUT2D eigenvalue weighted by atomic mass is 16.5. The summed E-state index contributed by atoms with van der Waals surface area (Å²) in [6, 6.07) is 5.45. The minimum Gasteiger partial charge on any atom is -0.466 e. The number of ether oxygens (including phenoxy) is 2. The summed E-state index contributed by atoms with van der Waals surface area (Å²) in [7, 11) is 0. The number of aryl methyl sites for hydroxylation is 1. The number of carbonyl (C=O) groups excluding carboxylic acids is 2. The van der Waals surface area contributed by atoms with Gasteiger partial charge in [-0.25, -0.2) is 0 Å². The van der Waals surface area contributed by atoms with Crippen LogP contribution in [0.3, 0.4) is 0 Å². The van der Waals surface area contributed by atoms with Crippen LogP contribution < -0.4 is 15.4 Å². The highest BCUT2D eigenvalue weighted by molar-refractivity contribution is 6.15. The number of hydrogen-bond acceptors (Lipinski definition) is 4. The quantitative estimate of drug-likeness (QED) is 0.827. The van der Waals surface area contributed by atoms with Gasteiger partial charge < -0.3 is 20.1 Å². The minimum atomic E-state index is -1.57. The van der Waals surface area contributed by atoms with Crippen molar-refractivity contribution in [1.29, 1.82) is 0 Å². The molecule has 6 nitrogen and oxygen atoms in total. The van der Waals surface area contributed by atoms with Gasteiger partial charge in [0.05, 0.1) is 11.8 Å². The highest BCUT2D eigenvalue weighted by Gasteiger charge is 2.47. The smallest absolute Gasteiger partial charge is 0.278 e. The normalized spacial score (nSPS) is 26.8. The molecule has 0 aromatic heterocycles. The number of hydrogen-bond donors (Lipinski definition) is 2. The molecule has 1 aromatic rings. The molecule has 2 aliphatic heterocycles. The molecule has 0 bridgehead atoms. The van der Waals surface area contributed by atoms with Crippen molar-refractivity contribution >= 4 is 17.5 Å². The second-order valence-corrected chi connectivity index (χ2v) is 5.93. The minimum absolute atomic E-state index is 0.0223. The van der Waals surface area contributed by atoms with Crippen molar-refractivity contribution in [3.05, 3.63) is 23.8 Å². The lowest BCUT2D eigenvalue weighted by molar-refractivity contribution is -0.147. The maximum Gasteiger partial charge on any atom is 0.278 e. The Kier molecular flexibility index (Phi) is 3.78. The summed E-state index contributed by atoms with van der Waals surface area (Å²) in [5, 5.41) is 5.50. The summed E-state index contributed by atoms with van der Waals surface area (Å²) in [5.74, 6) is -0.415. The third-order valence-corrected chi connectivity index (χ3v) is 4.08. The predicted octanol–water partition coefficient (Wildman–Crippen LogP) is 1.38. The fraction of sp³-hybridized carbons (Fsp3) is 0.500. The number of amides is 2. The van der Waals surface area contributed by atoms with Gasteiger partial charge in [0.15, 0.2) is 0 Å². The zero-order valence-corrected chi connectivity index (χ0v) is 12.8. The van der Waals surface area contributed by atoms with E-state index in [2.05, 4.69) is 10.6 Å². The first kappa shape index (κ1) is 14.8. The Balaban J connectivity index is 1.72. The van der Waals surface area contributed by atoms with E-state index in [0.717, 1.165) is 25.0 Å². The van der Waals surface area contributed by atoms with Gasteiger partial charge >= 0.3 is 0 Å². The molecule has 1 fully saturated rings. The van der Waals surface area contributed by atoms with Crippen molar-refractivity contribution in [3.63, 3.8) is 0 Å². The average molecular weight is 304 g/mol. The van der Waals surface area contributed by atoms with Crippen molar-refractivity contribution in [2.75, 3.05) is 18.5 Å². The van der Waals surface area contributed by atoms with E-state index < -0.39 is 17.4 Å². The fourth-order valence-electron chi connectivity index (χ4n) is 2.67. The second kappa shape index (κ2) is 5.61. The fourth-order valence-corrected chi connectivity index (χ4v) is 2.67. The molecule has 0 saturated carbocycles. The molecule has 2 heterocycles. The molecule has 0 radical (unpaired) electrons. The summed E-state index contributed by atoms with van der Waals surface area (Å²) in [6.07, 6.45) is 1.95. The summed E-state index contributed by atoms with van der Waals surface area (Å²) in [6.45, 7) is 4.53. The largest absolute Gasteiger partial charge is 0.466 e. The SMILES string of the molecule is Cc1ccc2c(c1)NC(=O)[C@](C)(C(=O)NC[C@@H]1CCCO1)O2. The van der Waals surface area contributed by atoms with Crippen LogP contribution in [0.15, 0.2) is 18.2 Å². The van der Waals surface area contributed by atoms with Crippen LogP contribution in [-0.2, 0) is 14.3 Å². The van der Waals surface area contributed by atoms with E-state index in [1.54, 1.807) is 6.07 Å². The van der Waals surface area contributed by atoms with Gasteiger partial charge in [0.2, 0.25) is 0 Å². The maximum absolute atomic E-state index is 12.4. The van der Waals surface area contributed by atoms with Gasteiger partial charge in [-0.15, -0.1) is 0 Å². The van der Waals surface area contributed by atoms with Crippen molar-refractivity contribution in [1.82, 2.24) is 5.32 Å². The van der Waals surface area contributed by atoms with E-state index in [1.165, 1.54) is 6.92 Å². The van der Waals surface area contributed by atoms with E-state index in [1.807, 2.05) is 19.1 Å². The van der Waals surface area contributed by atoms with Crippen LogP contribution in [-0.4, -0.2) is 36.7 Å². The molecule has 2 N–H and O–H groups in total. The standard InChI is InChI=1S/C16H20N2O4/c1-10-5-6-13-12(8-10)18-15(20)16(2,22-13)14(19)17-9-11-4-3-7-21-11/h5-6,8,11H,3-4,7,9H2,1-2H3,(H,17,19)(H,18,20)/t11-,16-/m0/s1. The van der Waals surface area contributed by atoms with Gasteiger partial charge in [0.1, 0.15) is 5.75 Å². The van der Waals surface area contributed by atoms with Crippen LogP contribution in [0.4, 0.5) is 5.69 Å². The third kappa shape index (κ3) is 2.66. The van der Waals surface area contributed by atoms with Crippen molar-refractivity contribution in [2.24, 2.45) is 0 Å². The van der Waals surface area contributed by atoms with Crippen LogP contribution in [0.25, 0.3) is 0 Å². The first-order valence-corrected chi connectivity index (χ1v) is 7.50. The van der Waals surface area contributed by atoms with E-state index in [4.69, 9.17) is 9.47 Å². The number of nitrogens with one attached hydrogen (secondary N) is 2. The Bertz CT molecular complexity index is 610. The van der Waals surface area contributed by atoms with Crippen LogP contribution in [0, 0.1) is 6.92 Å². The van der Waals surface area contributed by atoms with Crippen LogP contribution in [0.5, 0.6) is 5.75 Å². The first-order chi connectivity index (χ1) is 10.5. The van der Waals surface area contributed by atoms with Gasteiger partial charge in [-0.3, -0.25) is 9.59 Å². The van der Waals surface area contributed by atoms with Gasteiger partial charge in [-0.2, -0.15) is 0 Å². The molecule has 0 spiro atoms. The zero-order valence-electron chi connectivity index (χ0n) is 12.8. The van der Waals surface area contributed by atoms with Gasteiger partial charge in [-0.05, 0) is 44.4 Å². The summed E-state index contributed by atoms with van der Waals surface area (Å²) >= 11 is 0. The van der Waals surface area contributed by atoms with E-state index >= 15 is 0 Å². The van der Waals surface area contributed by atoms with E-state index in [9.17, 15) is 9.59 Å². The summed E-state index contributed by atoms with van der Waals surface area (Å²) in [4.78, 5) is 24.7. The number of rotatable bonds is 3. The number of benzene rings is 1. The Morgan fingerprint density at radius 3 is 3.05 bits per heavy atom. The highest BCUT2D eigenvalue weighted by Crippen LogP contribution is 2.34. The van der Waals surface area contributed by atoms with Crippen molar-refractivity contribution in [2.45, 2.75) is 38.4 Å². The number of carbonyl (C=O) groups is 2. The summed E-state index contributed by atoms with van der Waals surface area (Å²) in [5.41, 5.74) is 0.0319. The van der Waals surface area contributed by atoms with Crippen LogP contribution >= 0.6 is 0 Å². The Morgan fingerprint density at radius 1 is 1.50 bits per heavy atom. The number of anilines is 1. The summed E-state index contributed by atoms with van der Waals surface area (Å²) < 4.78 is 11.2. The molecule has 0 unspecified atom stereocenters. The van der Waals surface area contributed by atoms with E-state index in [-0.39, 0.29) is 6.10 Å². The molecule has 3 rings (SSSR count). The monoisotopic (exact) mass is 304 g/mol.